The number of benzene rings is 1. The van der Waals surface area contributed by atoms with Crippen LogP contribution in [0.1, 0.15) is 148 Å². The van der Waals surface area contributed by atoms with Crippen molar-refractivity contribution in [3.8, 4) is 11.5 Å². The molecule has 9 heteroatoms. The van der Waals surface area contributed by atoms with Crippen LogP contribution >= 0.6 is 7.60 Å². The number of pyridine rings is 1. The maximum atomic E-state index is 13.1. The minimum Gasteiger partial charge on any atom is -0.493 e. The molecule has 1 atom stereocenters. The Morgan fingerprint density at radius 3 is 1.92 bits per heavy atom. The number of nitrogens with one attached hydrogen (secondary N) is 1. The van der Waals surface area contributed by atoms with Gasteiger partial charge < -0.3 is 23.8 Å². The highest BCUT2D eigenvalue weighted by atomic mass is 31.2. The number of unbranched alkanes of at least 4 members (excludes halogenated alkanes) is 14. The third kappa shape index (κ3) is 20.9. The second-order valence-corrected chi connectivity index (χ2v) is 15.0. The van der Waals surface area contributed by atoms with Crippen LogP contribution in [0.5, 0.6) is 11.5 Å². The zero-order chi connectivity index (χ0) is 36.1. The van der Waals surface area contributed by atoms with Crippen LogP contribution in [0.3, 0.4) is 0 Å². The van der Waals surface area contributed by atoms with Crippen molar-refractivity contribution in [1.29, 1.82) is 0 Å². The van der Waals surface area contributed by atoms with E-state index in [0.29, 0.717) is 26.1 Å². The van der Waals surface area contributed by atoms with Crippen LogP contribution in [0, 0.1) is 0 Å². The molecule has 1 amide bonds. The van der Waals surface area contributed by atoms with Gasteiger partial charge in [0.15, 0.2) is 0 Å². The molecule has 282 valence electrons. The average molecular weight is 715 g/mol. The van der Waals surface area contributed by atoms with Gasteiger partial charge in [-0.3, -0.25) is 14.3 Å². The zero-order valence-corrected chi connectivity index (χ0v) is 32.6. The van der Waals surface area contributed by atoms with E-state index in [-0.39, 0.29) is 25.2 Å². The molecule has 1 aromatic carbocycles. The van der Waals surface area contributed by atoms with Gasteiger partial charge in [0.2, 0.25) is 5.91 Å². The molecule has 2 rings (SSSR count). The summed E-state index contributed by atoms with van der Waals surface area (Å²) in [7, 11) is -3.40. The highest BCUT2D eigenvalue weighted by Gasteiger charge is 2.21. The van der Waals surface area contributed by atoms with E-state index in [1.807, 2.05) is 36.4 Å². The predicted octanol–water partition coefficient (Wildman–Crippen LogP) is 11.5. The first-order chi connectivity index (χ1) is 24.4. The van der Waals surface area contributed by atoms with E-state index in [9.17, 15) is 9.36 Å². The molecule has 0 aliphatic heterocycles. The van der Waals surface area contributed by atoms with Crippen molar-refractivity contribution >= 4 is 13.5 Å². The fourth-order valence-corrected chi connectivity index (χ4v) is 7.13. The number of hydrogen-bond donors (Lipinski definition) is 1. The first kappa shape index (κ1) is 43.5. The summed E-state index contributed by atoms with van der Waals surface area (Å²) in [5.74, 6) is 3.01. The Bertz CT molecular complexity index is 1210. The van der Waals surface area contributed by atoms with E-state index in [1.54, 1.807) is 26.1 Å². The van der Waals surface area contributed by atoms with E-state index >= 15 is 0 Å². The van der Waals surface area contributed by atoms with Gasteiger partial charge in [0.05, 0.1) is 31.6 Å². The lowest BCUT2D eigenvalue weighted by Crippen LogP contribution is -2.34. The number of carbonyl (C=O) groups excluding carboxylic acids is 1. The smallest absolute Gasteiger partial charge is 0.353 e. The van der Waals surface area contributed by atoms with Gasteiger partial charge >= 0.3 is 7.60 Å². The zero-order valence-electron chi connectivity index (χ0n) is 31.7. The number of ether oxygens (including phenoxy) is 2. The lowest BCUT2D eigenvalue weighted by Gasteiger charge is -2.18. The average Bonchev–Trinajstić information content (AvgIpc) is 3.11. The van der Waals surface area contributed by atoms with E-state index in [2.05, 4.69) is 24.1 Å². The number of nitrogens with zero attached hydrogens (tertiary/aromatic N) is 1. The van der Waals surface area contributed by atoms with Crippen LogP contribution in [-0.4, -0.2) is 36.8 Å². The molecule has 2 aromatic rings. The van der Waals surface area contributed by atoms with Crippen molar-refractivity contribution in [2.45, 2.75) is 156 Å². The summed E-state index contributed by atoms with van der Waals surface area (Å²) in [6.45, 7) is 9.58. The first-order valence-corrected chi connectivity index (χ1v) is 21.2. The lowest BCUT2D eigenvalue weighted by molar-refractivity contribution is -0.121. The summed E-state index contributed by atoms with van der Waals surface area (Å²) in [5.41, 5.74) is 1.81. The van der Waals surface area contributed by atoms with E-state index < -0.39 is 7.60 Å². The second-order valence-electron chi connectivity index (χ2n) is 13.1. The third-order valence-corrected chi connectivity index (χ3v) is 10.3. The van der Waals surface area contributed by atoms with E-state index in [1.165, 1.54) is 76.4 Å². The van der Waals surface area contributed by atoms with Gasteiger partial charge in [0, 0.05) is 24.5 Å². The summed E-state index contributed by atoms with van der Waals surface area (Å²) >= 11 is 0. The SMILES string of the molecule is CCCCCCCCCCCCCCCC(=O)N[C@@H](/C=C/P(=O)(OCC)OCC)Cc1ccc(OCc2cc(OCCCCC)ccn2)cc1. The van der Waals surface area contributed by atoms with Crippen molar-refractivity contribution in [3.05, 3.63) is 65.7 Å². The quantitative estimate of drug-likeness (QED) is 0.0613. The van der Waals surface area contributed by atoms with Gasteiger partial charge in [-0.2, -0.15) is 0 Å². The molecule has 0 aliphatic carbocycles. The van der Waals surface area contributed by atoms with Crippen molar-refractivity contribution in [2.24, 2.45) is 0 Å². The van der Waals surface area contributed by atoms with Crippen LogP contribution in [0.15, 0.2) is 54.5 Å². The number of carbonyl (C=O) groups is 1. The first-order valence-electron chi connectivity index (χ1n) is 19.6. The fourth-order valence-electron chi connectivity index (χ4n) is 5.74. The third-order valence-electron chi connectivity index (χ3n) is 8.54. The van der Waals surface area contributed by atoms with Crippen LogP contribution in [0.4, 0.5) is 0 Å². The number of hydrogen-bond acceptors (Lipinski definition) is 7. The molecule has 0 fully saturated rings. The van der Waals surface area contributed by atoms with Crippen LogP contribution < -0.4 is 14.8 Å². The maximum Gasteiger partial charge on any atom is 0.353 e. The van der Waals surface area contributed by atoms with Gasteiger partial charge in [-0.15, -0.1) is 0 Å². The van der Waals surface area contributed by atoms with Crippen molar-refractivity contribution < 1.29 is 27.9 Å². The normalized spacial score (nSPS) is 12.3. The molecule has 0 unspecified atom stereocenters. The fraction of sp³-hybridized carbons (Fsp3) is 0.659. The summed E-state index contributed by atoms with van der Waals surface area (Å²) < 4.78 is 35.9. The molecule has 1 aromatic heterocycles. The molecule has 0 spiro atoms. The summed E-state index contributed by atoms with van der Waals surface area (Å²) in [6, 6.07) is 11.2. The molecule has 1 N–H and O–H groups in total. The molecule has 0 aliphatic rings. The standard InChI is InChI=1S/C41H67N2O6P/c1-5-9-11-12-13-14-15-16-17-18-19-20-21-23-41(44)43-37(29-32-50(45,48-7-3)49-8-4)33-36-24-26-39(27-25-36)47-35-38-34-40(28-30-42-38)46-31-22-10-6-2/h24-30,32,34,37H,5-23,31,33,35H2,1-4H3,(H,43,44)/b32-29+/t37-/m0/s1. The Labute approximate surface area is 304 Å². The molecule has 0 saturated carbocycles. The topological polar surface area (TPSA) is 96.0 Å². The monoisotopic (exact) mass is 714 g/mol. The number of aromatic nitrogens is 1. The summed E-state index contributed by atoms with van der Waals surface area (Å²) in [4.78, 5) is 17.4. The van der Waals surface area contributed by atoms with Crippen LogP contribution in [-0.2, 0) is 31.4 Å². The summed E-state index contributed by atoms with van der Waals surface area (Å²) in [6.07, 6.45) is 24.3. The molecular formula is C41H67N2O6P. The largest absolute Gasteiger partial charge is 0.493 e. The molecule has 0 saturated heterocycles. The van der Waals surface area contributed by atoms with E-state index in [4.69, 9.17) is 18.5 Å². The molecule has 0 bridgehead atoms. The van der Waals surface area contributed by atoms with Crippen molar-refractivity contribution in [1.82, 2.24) is 10.3 Å². The van der Waals surface area contributed by atoms with Crippen LogP contribution in [0.25, 0.3) is 0 Å². The van der Waals surface area contributed by atoms with Gasteiger partial charge in [-0.05, 0) is 56.9 Å². The van der Waals surface area contributed by atoms with Crippen molar-refractivity contribution in [3.63, 3.8) is 0 Å². The Balaban J connectivity index is 1.85. The highest BCUT2D eigenvalue weighted by molar-refractivity contribution is 7.57. The molecular weight excluding hydrogens is 647 g/mol. The van der Waals surface area contributed by atoms with Crippen molar-refractivity contribution in [2.75, 3.05) is 19.8 Å². The molecule has 1 heterocycles. The second kappa shape index (κ2) is 28.0. The van der Waals surface area contributed by atoms with Gasteiger partial charge in [-0.1, -0.05) is 122 Å². The molecule has 0 radical (unpaired) electrons. The summed E-state index contributed by atoms with van der Waals surface area (Å²) in [5, 5.41) is 3.14. The predicted molar refractivity (Wildman–Crippen MR) is 206 cm³/mol. The lowest BCUT2D eigenvalue weighted by atomic mass is 10.0. The Hall–Kier alpha value is -2.67. The van der Waals surface area contributed by atoms with Gasteiger partial charge in [0.25, 0.3) is 0 Å². The number of amides is 1. The number of rotatable bonds is 31. The van der Waals surface area contributed by atoms with Crippen LogP contribution in [0.2, 0.25) is 0 Å². The van der Waals surface area contributed by atoms with E-state index in [0.717, 1.165) is 54.9 Å². The Morgan fingerprint density at radius 2 is 1.32 bits per heavy atom. The maximum absolute atomic E-state index is 13.1. The molecule has 8 nitrogen and oxygen atoms in total. The van der Waals surface area contributed by atoms with Gasteiger partial charge in [-0.25, -0.2) is 0 Å². The minimum atomic E-state index is -3.40. The van der Waals surface area contributed by atoms with Gasteiger partial charge in [0.1, 0.15) is 18.1 Å². The Morgan fingerprint density at radius 1 is 0.740 bits per heavy atom. The molecule has 50 heavy (non-hydrogen) atoms. The minimum absolute atomic E-state index is 0.00518. The Kier molecular flexibility index (Phi) is 24.3. The highest BCUT2D eigenvalue weighted by Crippen LogP contribution is 2.49.